The predicted octanol–water partition coefficient (Wildman–Crippen LogP) is 7.47. The van der Waals surface area contributed by atoms with Gasteiger partial charge in [-0.2, -0.15) is 0 Å². The van der Waals surface area contributed by atoms with Gasteiger partial charge in [-0.25, -0.2) is 4.98 Å². The van der Waals surface area contributed by atoms with Crippen LogP contribution in [0.3, 0.4) is 0 Å². The average molecular weight is 735 g/mol. The number of morpholine rings is 1. The van der Waals surface area contributed by atoms with Crippen molar-refractivity contribution < 1.29 is 19.1 Å². The lowest BCUT2D eigenvalue weighted by atomic mass is 9.89. The van der Waals surface area contributed by atoms with E-state index < -0.39 is 0 Å². The Morgan fingerprint density at radius 3 is 2.67 bits per heavy atom. The quantitative estimate of drug-likeness (QED) is 0.130. The van der Waals surface area contributed by atoms with Crippen LogP contribution in [-0.2, 0) is 22.4 Å². The third kappa shape index (κ3) is 6.64. The standard InChI is InChI=1S/C36H35ClN4O5S3/c1-20-9-11-24-27(17-20)48-33-30(24)35(44)41(25-18-23(37)10-12-26(25)45-3)36(39-33)47-19-28(42)38-32-29(34(43)40-13-15-46-16-14-40)21(2)31(49-32)22-7-5-4-6-8-22/h4-8,10,12,18,20H,9,11,13-17,19H2,1-3H3,(H,38,42). The van der Waals surface area contributed by atoms with Crippen LogP contribution in [0.15, 0.2) is 58.5 Å². The summed E-state index contributed by atoms with van der Waals surface area (Å²) in [7, 11) is 1.54. The highest BCUT2D eigenvalue weighted by atomic mass is 35.5. The fourth-order valence-corrected chi connectivity index (χ4v) is 10.1. The third-order valence-electron chi connectivity index (χ3n) is 8.96. The highest BCUT2D eigenvalue weighted by Gasteiger charge is 2.29. The topological polar surface area (TPSA) is 103 Å². The molecule has 254 valence electrons. The molecule has 1 saturated heterocycles. The summed E-state index contributed by atoms with van der Waals surface area (Å²) in [6, 6.07) is 15.0. The fraction of sp³-hybridized carbons (Fsp3) is 0.333. The molecule has 7 rings (SSSR count). The maximum atomic E-state index is 14.4. The molecule has 49 heavy (non-hydrogen) atoms. The van der Waals surface area contributed by atoms with E-state index >= 15 is 0 Å². The number of anilines is 1. The van der Waals surface area contributed by atoms with E-state index in [0.717, 1.165) is 52.6 Å². The summed E-state index contributed by atoms with van der Waals surface area (Å²) < 4.78 is 12.6. The molecule has 1 aliphatic carbocycles. The molecule has 1 fully saturated rings. The van der Waals surface area contributed by atoms with Gasteiger partial charge in [-0.05, 0) is 67.0 Å². The SMILES string of the molecule is COc1ccc(Cl)cc1-n1c(SCC(=O)Nc2sc(-c3ccccc3)c(C)c2C(=O)N2CCOCC2)nc2sc3c(c2c1=O)CCC(C)C3. The zero-order valence-electron chi connectivity index (χ0n) is 27.3. The number of thiophene rings is 2. The number of methoxy groups -OCH3 is 1. The molecule has 5 aromatic rings. The average Bonchev–Trinajstić information content (AvgIpc) is 3.63. The molecule has 4 heterocycles. The van der Waals surface area contributed by atoms with Crippen LogP contribution in [0.4, 0.5) is 5.00 Å². The van der Waals surface area contributed by atoms with Gasteiger partial charge in [0.1, 0.15) is 15.6 Å². The van der Waals surface area contributed by atoms with E-state index in [2.05, 4.69) is 12.2 Å². The van der Waals surface area contributed by atoms with E-state index in [1.54, 1.807) is 41.5 Å². The van der Waals surface area contributed by atoms with Crippen molar-refractivity contribution in [3.63, 3.8) is 0 Å². The first kappa shape index (κ1) is 33.8. The number of aryl methyl sites for hydroxylation is 1. The van der Waals surface area contributed by atoms with Crippen molar-refractivity contribution in [2.24, 2.45) is 5.92 Å². The second-order valence-electron chi connectivity index (χ2n) is 12.3. The molecule has 0 spiro atoms. The zero-order chi connectivity index (χ0) is 34.2. The number of ether oxygens (including phenoxy) is 2. The number of rotatable bonds is 8. The number of carbonyl (C=O) groups is 2. The Balaban J connectivity index is 1.24. The van der Waals surface area contributed by atoms with Crippen molar-refractivity contribution in [2.45, 2.75) is 38.3 Å². The van der Waals surface area contributed by atoms with E-state index in [-0.39, 0.29) is 23.1 Å². The lowest BCUT2D eigenvalue weighted by Gasteiger charge is -2.27. The highest BCUT2D eigenvalue weighted by Crippen LogP contribution is 2.41. The molecule has 0 saturated carbocycles. The van der Waals surface area contributed by atoms with Crippen molar-refractivity contribution in [1.29, 1.82) is 0 Å². The van der Waals surface area contributed by atoms with Gasteiger partial charge in [0.2, 0.25) is 5.91 Å². The van der Waals surface area contributed by atoms with Gasteiger partial charge in [-0.3, -0.25) is 19.0 Å². The minimum Gasteiger partial charge on any atom is -0.495 e. The minimum absolute atomic E-state index is 0.0498. The summed E-state index contributed by atoms with van der Waals surface area (Å²) in [6.07, 6.45) is 2.75. The predicted molar refractivity (Wildman–Crippen MR) is 199 cm³/mol. The Morgan fingerprint density at radius 2 is 1.92 bits per heavy atom. The molecule has 2 aliphatic rings. The van der Waals surface area contributed by atoms with E-state index in [4.69, 9.17) is 26.1 Å². The first-order valence-electron chi connectivity index (χ1n) is 16.1. The van der Waals surface area contributed by atoms with E-state index in [1.165, 1.54) is 20.8 Å². The highest BCUT2D eigenvalue weighted by molar-refractivity contribution is 7.99. The van der Waals surface area contributed by atoms with Crippen molar-refractivity contribution in [2.75, 3.05) is 44.5 Å². The van der Waals surface area contributed by atoms with Gasteiger partial charge in [0.15, 0.2) is 5.16 Å². The molecular weight excluding hydrogens is 700 g/mol. The first-order chi connectivity index (χ1) is 23.7. The number of hydrogen-bond donors (Lipinski definition) is 1. The van der Waals surface area contributed by atoms with Gasteiger partial charge in [0.25, 0.3) is 11.5 Å². The van der Waals surface area contributed by atoms with Gasteiger partial charge in [0.05, 0.1) is 42.7 Å². The van der Waals surface area contributed by atoms with E-state index in [0.29, 0.717) is 74.6 Å². The number of halogens is 1. The van der Waals surface area contributed by atoms with Gasteiger partial charge >= 0.3 is 0 Å². The van der Waals surface area contributed by atoms with Gasteiger partial charge in [-0.15, -0.1) is 22.7 Å². The summed E-state index contributed by atoms with van der Waals surface area (Å²) in [4.78, 5) is 51.5. The largest absolute Gasteiger partial charge is 0.495 e. The van der Waals surface area contributed by atoms with Crippen molar-refractivity contribution in [3.8, 4) is 21.9 Å². The van der Waals surface area contributed by atoms with Crippen LogP contribution in [0.1, 0.15) is 39.7 Å². The van der Waals surface area contributed by atoms with Crippen molar-refractivity contribution in [1.82, 2.24) is 14.5 Å². The fourth-order valence-electron chi connectivity index (χ4n) is 6.46. The number of hydrogen-bond acceptors (Lipinski definition) is 9. The Labute approximate surface area is 301 Å². The zero-order valence-corrected chi connectivity index (χ0v) is 30.5. The van der Waals surface area contributed by atoms with Crippen LogP contribution >= 0.6 is 46.0 Å². The molecule has 0 bridgehead atoms. The lowest BCUT2D eigenvalue weighted by molar-refractivity contribution is -0.113. The van der Waals surface area contributed by atoms with Crippen LogP contribution in [0.2, 0.25) is 5.02 Å². The lowest BCUT2D eigenvalue weighted by Crippen LogP contribution is -2.41. The summed E-state index contributed by atoms with van der Waals surface area (Å²) in [5, 5.41) is 4.96. The van der Waals surface area contributed by atoms with Crippen molar-refractivity contribution >= 4 is 73.1 Å². The molecule has 2 aromatic carbocycles. The molecule has 3 aromatic heterocycles. The maximum Gasteiger partial charge on any atom is 0.267 e. The summed E-state index contributed by atoms with van der Waals surface area (Å²) >= 11 is 10.5. The van der Waals surface area contributed by atoms with Crippen LogP contribution in [0.5, 0.6) is 5.75 Å². The Hall–Kier alpha value is -3.68. The maximum absolute atomic E-state index is 14.4. The number of amides is 2. The monoisotopic (exact) mass is 734 g/mol. The molecule has 0 radical (unpaired) electrons. The van der Waals surface area contributed by atoms with Crippen LogP contribution in [0.25, 0.3) is 26.3 Å². The summed E-state index contributed by atoms with van der Waals surface area (Å²) in [5.41, 5.74) is 3.60. The number of nitrogens with one attached hydrogen (secondary N) is 1. The molecular formula is C36H35ClN4O5S3. The third-order valence-corrected chi connectivity index (χ3v) is 12.5. The van der Waals surface area contributed by atoms with Crippen LogP contribution in [-0.4, -0.2) is 65.4 Å². The van der Waals surface area contributed by atoms with Gasteiger partial charge in [-0.1, -0.05) is 60.6 Å². The van der Waals surface area contributed by atoms with Crippen LogP contribution < -0.4 is 15.6 Å². The number of fused-ring (bicyclic) bond motifs is 3. The molecule has 2 amide bonds. The van der Waals surface area contributed by atoms with Gasteiger partial charge in [0, 0.05) is 27.9 Å². The number of nitrogens with zero attached hydrogens (tertiary/aromatic N) is 3. The Morgan fingerprint density at radius 1 is 1.14 bits per heavy atom. The normalized spacial score (nSPS) is 16.1. The van der Waals surface area contributed by atoms with Crippen LogP contribution in [0, 0.1) is 12.8 Å². The number of thioether (sulfide) groups is 1. The van der Waals surface area contributed by atoms with E-state index in [1.807, 2.05) is 37.3 Å². The number of aromatic nitrogens is 2. The van der Waals surface area contributed by atoms with Crippen molar-refractivity contribution in [3.05, 3.63) is 85.5 Å². The smallest absolute Gasteiger partial charge is 0.267 e. The number of benzene rings is 2. The second-order valence-corrected chi connectivity index (χ2v) is 15.7. The molecule has 13 heteroatoms. The molecule has 1 N–H and O–H groups in total. The Bertz CT molecular complexity index is 2120. The molecule has 1 atom stereocenters. The summed E-state index contributed by atoms with van der Waals surface area (Å²) in [5.74, 6) is 0.501. The van der Waals surface area contributed by atoms with E-state index in [9.17, 15) is 14.4 Å². The Kier molecular flexibility index (Phi) is 9.85. The molecule has 1 aliphatic heterocycles. The molecule has 1 unspecified atom stereocenters. The first-order valence-corrected chi connectivity index (χ1v) is 19.1. The minimum atomic E-state index is -0.319. The summed E-state index contributed by atoms with van der Waals surface area (Å²) in [6.45, 7) is 6.08. The van der Waals surface area contributed by atoms with Gasteiger partial charge < -0.3 is 19.7 Å². The second kappa shape index (κ2) is 14.3. The number of carbonyl (C=O) groups excluding carboxylic acids is 2. The molecule has 9 nitrogen and oxygen atoms in total.